The Morgan fingerprint density at radius 3 is 2.44 bits per heavy atom. The minimum absolute atomic E-state index is 0.0200. The summed E-state index contributed by atoms with van der Waals surface area (Å²) in [6, 6.07) is 0. The number of hydrogen-bond acceptors (Lipinski definition) is 3. The summed E-state index contributed by atoms with van der Waals surface area (Å²) >= 11 is 0. The molecule has 2 aliphatic carbocycles. The lowest BCUT2D eigenvalue weighted by Gasteiger charge is -2.38. The van der Waals surface area contributed by atoms with E-state index in [1.54, 1.807) is 0 Å². The van der Waals surface area contributed by atoms with Crippen molar-refractivity contribution in [1.82, 2.24) is 4.90 Å². The van der Waals surface area contributed by atoms with Crippen LogP contribution in [-0.4, -0.2) is 42.8 Å². The summed E-state index contributed by atoms with van der Waals surface area (Å²) < 4.78 is 0. The summed E-state index contributed by atoms with van der Waals surface area (Å²) in [6.07, 6.45) is 7.30. The smallest absolute Gasteiger partial charge is 0.0546 e. The average molecular weight is 226 g/mol. The standard InChI is InChI=1S/C13H26N2O/c1-15(8-11-6-12(16)7-11)10-13(9-14)4-2-3-5-13/h11-12,16H,2-10,14H2,1H3. The zero-order valence-corrected chi connectivity index (χ0v) is 10.5. The van der Waals surface area contributed by atoms with Crippen molar-refractivity contribution < 1.29 is 5.11 Å². The minimum Gasteiger partial charge on any atom is -0.393 e. The van der Waals surface area contributed by atoms with Crippen LogP contribution >= 0.6 is 0 Å². The van der Waals surface area contributed by atoms with Crippen molar-refractivity contribution in [1.29, 1.82) is 0 Å². The molecule has 0 atom stereocenters. The van der Waals surface area contributed by atoms with Crippen molar-refractivity contribution in [2.45, 2.75) is 44.6 Å². The summed E-state index contributed by atoms with van der Waals surface area (Å²) in [7, 11) is 2.21. The van der Waals surface area contributed by atoms with Gasteiger partial charge in [0.15, 0.2) is 0 Å². The third kappa shape index (κ3) is 2.76. The highest BCUT2D eigenvalue weighted by molar-refractivity contribution is 4.89. The molecule has 94 valence electrons. The van der Waals surface area contributed by atoms with E-state index in [2.05, 4.69) is 11.9 Å². The Hall–Kier alpha value is -0.120. The van der Waals surface area contributed by atoms with Gasteiger partial charge >= 0.3 is 0 Å². The number of rotatable bonds is 5. The lowest BCUT2D eigenvalue weighted by molar-refractivity contribution is 0.0224. The van der Waals surface area contributed by atoms with Crippen LogP contribution in [0.15, 0.2) is 0 Å². The Kier molecular flexibility index (Phi) is 3.88. The first-order valence-corrected chi connectivity index (χ1v) is 6.70. The van der Waals surface area contributed by atoms with Crippen LogP contribution in [-0.2, 0) is 0 Å². The van der Waals surface area contributed by atoms with Gasteiger partial charge in [0, 0.05) is 13.1 Å². The summed E-state index contributed by atoms with van der Waals surface area (Å²) in [5.41, 5.74) is 6.35. The monoisotopic (exact) mass is 226 g/mol. The highest BCUT2D eigenvalue weighted by atomic mass is 16.3. The van der Waals surface area contributed by atoms with Gasteiger partial charge in [0.2, 0.25) is 0 Å². The third-order valence-electron chi connectivity index (χ3n) is 4.48. The molecule has 2 saturated carbocycles. The van der Waals surface area contributed by atoms with Crippen LogP contribution in [0.5, 0.6) is 0 Å². The van der Waals surface area contributed by atoms with Crippen LogP contribution in [0, 0.1) is 11.3 Å². The van der Waals surface area contributed by atoms with Gasteiger partial charge in [0.25, 0.3) is 0 Å². The molecule has 0 bridgehead atoms. The van der Waals surface area contributed by atoms with Crippen molar-refractivity contribution in [3.63, 3.8) is 0 Å². The molecule has 3 N–H and O–H groups in total. The van der Waals surface area contributed by atoms with Crippen molar-refractivity contribution in [3.8, 4) is 0 Å². The maximum atomic E-state index is 9.27. The second kappa shape index (κ2) is 5.03. The quantitative estimate of drug-likeness (QED) is 0.741. The minimum atomic E-state index is -0.0200. The van der Waals surface area contributed by atoms with Gasteiger partial charge in [-0.2, -0.15) is 0 Å². The van der Waals surface area contributed by atoms with E-state index in [0.29, 0.717) is 5.41 Å². The number of aliphatic hydroxyl groups is 1. The van der Waals surface area contributed by atoms with Gasteiger partial charge in [-0.05, 0) is 50.6 Å². The van der Waals surface area contributed by atoms with Crippen molar-refractivity contribution in [2.75, 3.05) is 26.7 Å². The summed E-state index contributed by atoms with van der Waals surface area (Å²) in [4.78, 5) is 2.44. The molecule has 2 rings (SSSR count). The van der Waals surface area contributed by atoms with E-state index in [-0.39, 0.29) is 6.10 Å². The zero-order chi connectivity index (χ0) is 11.6. The molecule has 0 spiro atoms. The molecule has 3 nitrogen and oxygen atoms in total. The molecule has 16 heavy (non-hydrogen) atoms. The first-order chi connectivity index (χ1) is 7.63. The fourth-order valence-electron chi connectivity index (χ4n) is 3.48. The van der Waals surface area contributed by atoms with Crippen molar-refractivity contribution >= 4 is 0 Å². The van der Waals surface area contributed by atoms with E-state index in [9.17, 15) is 5.11 Å². The van der Waals surface area contributed by atoms with Gasteiger partial charge < -0.3 is 15.7 Å². The van der Waals surface area contributed by atoms with E-state index in [4.69, 9.17) is 5.73 Å². The molecule has 3 heteroatoms. The number of aliphatic hydroxyl groups excluding tert-OH is 1. The molecule has 0 unspecified atom stereocenters. The SMILES string of the molecule is CN(CC1CC(O)C1)CC1(CN)CCCC1. The summed E-state index contributed by atoms with van der Waals surface area (Å²) in [5, 5.41) is 9.27. The van der Waals surface area contributed by atoms with Gasteiger partial charge in [-0.3, -0.25) is 0 Å². The Morgan fingerprint density at radius 1 is 1.31 bits per heavy atom. The first kappa shape index (κ1) is 12.3. The normalized spacial score (nSPS) is 33.0. The second-order valence-electron chi connectivity index (χ2n) is 6.10. The zero-order valence-electron chi connectivity index (χ0n) is 10.5. The van der Waals surface area contributed by atoms with Crippen LogP contribution in [0.3, 0.4) is 0 Å². The Labute approximate surface area is 99.0 Å². The highest BCUT2D eigenvalue weighted by Gasteiger charge is 2.35. The molecule has 0 aromatic rings. The molecule has 0 radical (unpaired) electrons. The van der Waals surface area contributed by atoms with Gasteiger partial charge in [-0.15, -0.1) is 0 Å². The fraction of sp³-hybridized carbons (Fsp3) is 1.00. The van der Waals surface area contributed by atoms with Gasteiger partial charge in [-0.25, -0.2) is 0 Å². The van der Waals surface area contributed by atoms with Crippen LogP contribution in [0.25, 0.3) is 0 Å². The molecule has 0 aromatic heterocycles. The Balaban J connectivity index is 1.75. The molecule has 0 aromatic carbocycles. The molecule has 0 amide bonds. The van der Waals surface area contributed by atoms with Crippen molar-refractivity contribution in [3.05, 3.63) is 0 Å². The first-order valence-electron chi connectivity index (χ1n) is 6.70. The maximum Gasteiger partial charge on any atom is 0.0546 e. The maximum absolute atomic E-state index is 9.27. The van der Waals surface area contributed by atoms with E-state index in [0.717, 1.165) is 38.4 Å². The van der Waals surface area contributed by atoms with Crippen LogP contribution in [0.1, 0.15) is 38.5 Å². The third-order valence-corrected chi connectivity index (χ3v) is 4.48. The van der Waals surface area contributed by atoms with Crippen LogP contribution < -0.4 is 5.73 Å². The number of nitrogens with zero attached hydrogens (tertiary/aromatic N) is 1. The van der Waals surface area contributed by atoms with Crippen LogP contribution in [0.2, 0.25) is 0 Å². The predicted octanol–water partition coefficient (Wildman–Crippen LogP) is 1.21. The van der Waals surface area contributed by atoms with E-state index in [1.807, 2.05) is 0 Å². The van der Waals surface area contributed by atoms with Gasteiger partial charge in [0.05, 0.1) is 6.10 Å². The molecule has 0 heterocycles. The molecule has 2 fully saturated rings. The predicted molar refractivity (Wildman–Crippen MR) is 66.2 cm³/mol. The average Bonchev–Trinajstić information content (AvgIpc) is 2.65. The van der Waals surface area contributed by atoms with Gasteiger partial charge in [-0.1, -0.05) is 12.8 Å². The van der Waals surface area contributed by atoms with Crippen LogP contribution in [0.4, 0.5) is 0 Å². The second-order valence-corrected chi connectivity index (χ2v) is 6.10. The van der Waals surface area contributed by atoms with Gasteiger partial charge in [0.1, 0.15) is 0 Å². The Bertz CT molecular complexity index is 220. The van der Waals surface area contributed by atoms with E-state index < -0.39 is 0 Å². The Morgan fingerprint density at radius 2 is 1.94 bits per heavy atom. The number of nitrogens with two attached hydrogens (primary N) is 1. The molecular weight excluding hydrogens is 200 g/mol. The molecule has 0 saturated heterocycles. The summed E-state index contributed by atoms with van der Waals surface area (Å²) in [6.45, 7) is 3.12. The molecule has 0 aliphatic heterocycles. The molecule has 2 aliphatic rings. The fourth-order valence-corrected chi connectivity index (χ4v) is 3.48. The highest BCUT2D eigenvalue weighted by Crippen LogP contribution is 2.38. The molecular formula is C13H26N2O. The summed E-state index contributed by atoms with van der Waals surface area (Å²) in [5.74, 6) is 0.719. The largest absolute Gasteiger partial charge is 0.393 e. The lowest BCUT2D eigenvalue weighted by atomic mass is 9.81. The van der Waals surface area contributed by atoms with Crippen molar-refractivity contribution in [2.24, 2.45) is 17.1 Å². The van der Waals surface area contributed by atoms with E-state index >= 15 is 0 Å². The lowest BCUT2D eigenvalue weighted by Crippen LogP contribution is -2.43. The number of hydrogen-bond donors (Lipinski definition) is 2. The topological polar surface area (TPSA) is 49.5 Å². The van der Waals surface area contributed by atoms with E-state index in [1.165, 1.54) is 25.7 Å².